The summed E-state index contributed by atoms with van der Waals surface area (Å²) in [6, 6.07) is 5.73. The Bertz CT molecular complexity index is 503. The number of hydrogen-bond acceptors (Lipinski definition) is 4. The monoisotopic (exact) mass is 271 g/mol. The molecule has 1 aromatic rings. The molecular weight excluding hydrogens is 254 g/mol. The van der Waals surface area contributed by atoms with E-state index >= 15 is 0 Å². The molecular formula is C12H17NO4S. The third-order valence-electron chi connectivity index (χ3n) is 2.62. The average molecular weight is 271 g/mol. The maximum Gasteiger partial charge on any atom is 0.337 e. The van der Waals surface area contributed by atoms with E-state index in [2.05, 4.69) is 4.74 Å². The molecule has 0 aliphatic rings. The number of methoxy groups -OCH3 is 1. The summed E-state index contributed by atoms with van der Waals surface area (Å²) in [5, 5.41) is 0. The molecule has 18 heavy (non-hydrogen) atoms. The van der Waals surface area contributed by atoms with E-state index in [1.807, 2.05) is 0 Å². The zero-order valence-corrected chi connectivity index (χ0v) is 11.5. The van der Waals surface area contributed by atoms with Gasteiger partial charge in [0.15, 0.2) is 0 Å². The quantitative estimate of drug-likeness (QED) is 0.761. The Labute approximate surface area is 107 Å². The van der Waals surface area contributed by atoms with Gasteiger partial charge in [0.05, 0.1) is 17.6 Å². The Hall–Kier alpha value is -1.40. The maximum atomic E-state index is 12.2. The van der Waals surface area contributed by atoms with Gasteiger partial charge in [-0.15, -0.1) is 0 Å². The first-order valence-corrected chi connectivity index (χ1v) is 7.09. The van der Waals surface area contributed by atoms with Crippen molar-refractivity contribution in [3.63, 3.8) is 0 Å². The zero-order chi connectivity index (χ0) is 13.8. The average Bonchev–Trinajstić information content (AvgIpc) is 2.39. The number of carbonyl (C=O) groups is 1. The van der Waals surface area contributed by atoms with E-state index in [1.165, 1.54) is 35.7 Å². The highest BCUT2D eigenvalue weighted by Gasteiger charge is 2.21. The molecule has 0 fully saturated rings. The van der Waals surface area contributed by atoms with E-state index in [-0.39, 0.29) is 4.90 Å². The molecule has 0 saturated carbocycles. The Balaban J connectivity index is 3.08. The molecule has 0 aromatic heterocycles. The van der Waals surface area contributed by atoms with Crippen LogP contribution in [0.1, 0.15) is 24.2 Å². The molecule has 0 aliphatic heterocycles. The summed E-state index contributed by atoms with van der Waals surface area (Å²) in [5.74, 6) is -0.484. The first-order valence-electron chi connectivity index (χ1n) is 5.65. The number of nitrogens with zero attached hydrogens (tertiary/aromatic N) is 1. The molecule has 0 atom stereocenters. The van der Waals surface area contributed by atoms with Crippen molar-refractivity contribution in [2.75, 3.05) is 20.2 Å². The third kappa shape index (κ3) is 2.88. The molecule has 0 spiro atoms. The molecule has 0 amide bonds. The van der Waals surface area contributed by atoms with Gasteiger partial charge in [-0.2, -0.15) is 4.31 Å². The van der Waals surface area contributed by atoms with Crippen molar-refractivity contribution in [1.82, 2.24) is 4.31 Å². The van der Waals surface area contributed by atoms with Crippen LogP contribution in [0.5, 0.6) is 0 Å². The second-order valence-electron chi connectivity index (χ2n) is 3.61. The van der Waals surface area contributed by atoms with Crippen molar-refractivity contribution >= 4 is 16.0 Å². The Morgan fingerprint density at radius 1 is 1.17 bits per heavy atom. The lowest BCUT2D eigenvalue weighted by Crippen LogP contribution is -2.30. The minimum absolute atomic E-state index is 0.179. The summed E-state index contributed by atoms with van der Waals surface area (Å²) in [6.07, 6.45) is 0. The van der Waals surface area contributed by atoms with E-state index in [0.717, 1.165) is 0 Å². The molecule has 0 aliphatic carbocycles. The summed E-state index contributed by atoms with van der Waals surface area (Å²) in [5.41, 5.74) is 0.330. The van der Waals surface area contributed by atoms with Crippen LogP contribution in [0.2, 0.25) is 0 Å². The van der Waals surface area contributed by atoms with Crippen molar-refractivity contribution in [2.45, 2.75) is 18.7 Å². The van der Waals surface area contributed by atoms with Gasteiger partial charge in [0.2, 0.25) is 10.0 Å². The van der Waals surface area contributed by atoms with Gasteiger partial charge < -0.3 is 4.74 Å². The standard InChI is InChI=1S/C12H17NO4S/c1-4-13(5-2)18(15,16)11-8-6-10(7-9-11)12(14)17-3/h6-9H,4-5H2,1-3H3. The highest BCUT2D eigenvalue weighted by Crippen LogP contribution is 2.16. The van der Waals surface area contributed by atoms with Gasteiger partial charge in [0.25, 0.3) is 0 Å². The SMILES string of the molecule is CCN(CC)S(=O)(=O)c1ccc(C(=O)OC)cc1. The number of rotatable bonds is 5. The van der Waals surface area contributed by atoms with Crippen molar-refractivity contribution < 1.29 is 17.9 Å². The fraction of sp³-hybridized carbons (Fsp3) is 0.417. The molecule has 0 heterocycles. The van der Waals surface area contributed by atoms with Crippen molar-refractivity contribution in [3.05, 3.63) is 29.8 Å². The van der Waals surface area contributed by atoms with E-state index in [0.29, 0.717) is 18.7 Å². The maximum absolute atomic E-state index is 12.2. The van der Waals surface area contributed by atoms with Gasteiger partial charge in [-0.25, -0.2) is 13.2 Å². The number of sulfonamides is 1. The van der Waals surface area contributed by atoms with Crippen LogP contribution in [0.4, 0.5) is 0 Å². The van der Waals surface area contributed by atoms with Gasteiger partial charge in [-0.1, -0.05) is 13.8 Å². The predicted octanol–water partition coefficient (Wildman–Crippen LogP) is 1.50. The smallest absolute Gasteiger partial charge is 0.337 e. The highest BCUT2D eigenvalue weighted by atomic mass is 32.2. The van der Waals surface area contributed by atoms with Crippen LogP contribution in [-0.2, 0) is 14.8 Å². The zero-order valence-electron chi connectivity index (χ0n) is 10.7. The number of benzene rings is 1. The lowest BCUT2D eigenvalue weighted by Gasteiger charge is -2.18. The molecule has 0 radical (unpaired) electrons. The molecule has 100 valence electrons. The minimum Gasteiger partial charge on any atom is -0.465 e. The number of hydrogen-bond donors (Lipinski definition) is 0. The van der Waals surface area contributed by atoms with Crippen LogP contribution < -0.4 is 0 Å². The fourth-order valence-electron chi connectivity index (χ4n) is 1.59. The summed E-state index contributed by atoms with van der Waals surface area (Å²) in [6.45, 7) is 4.39. The van der Waals surface area contributed by atoms with Gasteiger partial charge >= 0.3 is 5.97 Å². The van der Waals surface area contributed by atoms with E-state index in [4.69, 9.17) is 0 Å². The number of esters is 1. The minimum atomic E-state index is -3.47. The normalized spacial score (nSPS) is 11.6. The Morgan fingerprint density at radius 3 is 2.06 bits per heavy atom. The molecule has 6 heteroatoms. The van der Waals surface area contributed by atoms with Gasteiger partial charge in [-0.05, 0) is 24.3 Å². The highest BCUT2D eigenvalue weighted by molar-refractivity contribution is 7.89. The second kappa shape index (κ2) is 5.97. The molecule has 0 N–H and O–H groups in total. The van der Waals surface area contributed by atoms with E-state index < -0.39 is 16.0 Å². The predicted molar refractivity (Wildman–Crippen MR) is 67.9 cm³/mol. The van der Waals surface area contributed by atoms with Crippen LogP contribution in [0.15, 0.2) is 29.2 Å². The molecule has 5 nitrogen and oxygen atoms in total. The topological polar surface area (TPSA) is 63.7 Å². The fourth-order valence-corrected chi connectivity index (χ4v) is 3.05. The van der Waals surface area contributed by atoms with E-state index in [1.54, 1.807) is 13.8 Å². The summed E-state index contributed by atoms with van der Waals surface area (Å²) in [4.78, 5) is 11.4. The van der Waals surface area contributed by atoms with Gasteiger partial charge in [-0.3, -0.25) is 0 Å². The number of carbonyl (C=O) groups excluding carboxylic acids is 1. The Kier molecular flexibility index (Phi) is 4.86. The second-order valence-corrected chi connectivity index (χ2v) is 5.54. The molecule has 0 unspecified atom stereocenters. The first-order chi connectivity index (χ1) is 8.47. The number of ether oxygens (including phenoxy) is 1. The van der Waals surface area contributed by atoms with Crippen molar-refractivity contribution in [2.24, 2.45) is 0 Å². The summed E-state index contributed by atoms with van der Waals surface area (Å²) in [7, 11) is -2.19. The van der Waals surface area contributed by atoms with Crippen LogP contribution >= 0.6 is 0 Å². The van der Waals surface area contributed by atoms with Crippen LogP contribution in [0, 0.1) is 0 Å². The Morgan fingerprint density at radius 2 is 1.67 bits per heavy atom. The summed E-state index contributed by atoms with van der Waals surface area (Å²) >= 11 is 0. The first kappa shape index (κ1) is 14.7. The van der Waals surface area contributed by atoms with Crippen LogP contribution in [0.3, 0.4) is 0 Å². The van der Waals surface area contributed by atoms with Crippen molar-refractivity contribution in [3.8, 4) is 0 Å². The molecule has 0 saturated heterocycles. The van der Waals surface area contributed by atoms with Gasteiger partial charge in [0.1, 0.15) is 0 Å². The van der Waals surface area contributed by atoms with Crippen molar-refractivity contribution in [1.29, 1.82) is 0 Å². The largest absolute Gasteiger partial charge is 0.465 e. The van der Waals surface area contributed by atoms with Crippen LogP contribution in [0.25, 0.3) is 0 Å². The van der Waals surface area contributed by atoms with Gasteiger partial charge in [0, 0.05) is 13.1 Å². The lowest BCUT2D eigenvalue weighted by atomic mass is 10.2. The molecule has 1 rings (SSSR count). The molecule has 0 bridgehead atoms. The third-order valence-corrected chi connectivity index (χ3v) is 4.68. The van der Waals surface area contributed by atoms with E-state index in [9.17, 15) is 13.2 Å². The summed E-state index contributed by atoms with van der Waals surface area (Å²) < 4.78 is 30.2. The van der Waals surface area contributed by atoms with Crippen LogP contribution in [-0.4, -0.2) is 38.9 Å². The lowest BCUT2D eigenvalue weighted by molar-refractivity contribution is 0.0600. The molecule has 1 aromatic carbocycles.